The number of carbonyl (C=O) groups excluding carboxylic acids is 1. The summed E-state index contributed by atoms with van der Waals surface area (Å²) in [5.41, 5.74) is 1.40. The maximum Gasteiger partial charge on any atom is 0.245 e. The molecule has 0 spiro atoms. The third kappa shape index (κ3) is 5.39. The Kier molecular flexibility index (Phi) is 7.17. The summed E-state index contributed by atoms with van der Waals surface area (Å²) in [5.74, 6) is -0.352. The van der Waals surface area contributed by atoms with Crippen LogP contribution in [-0.4, -0.2) is 27.5 Å². The fraction of sp³-hybridized carbons (Fsp3) is 0.115. The Hall–Kier alpha value is -3.39. The average molecular weight is 495 g/mol. The highest BCUT2D eigenvalue weighted by Gasteiger charge is 2.29. The van der Waals surface area contributed by atoms with Crippen LogP contribution in [0, 0.1) is 0 Å². The van der Waals surface area contributed by atoms with Crippen molar-refractivity contribution in [3.05, 3.63) is 102 Å². The molecule has 4 aromatic rings. The Bertz CT molecular complexity index is 1420. The number of benzene rings is 4. The van der Waals surface area contributed by atoms with Gasteiger partial charge in [0.15, 0.2) is 0 Å². The molecule has 0 saturated heterocycles. The first kappa shape index (κ1) is 23.8. The van der Waals surface area contributed by atoms with Gasteiger partial charge in [0.05, 0.1) is 7.11 Å². The van der Waals surface area contributed by atoms with E-state index >= 15 is 0 Å². The largest absolute Gasteiger partial charge is 0.495 e. The van der Waals surface area contributed by atoms with Crippen molar-refractivity contribution in [2.24, 2.45) is 0 Å². The molecule has 0 unspecified atom stereocenters. The van der Waals surface area contributed by atoms with E-state index in [9.17, 15) is 13.2 Å². The highest BCUT2D eigenvalue weighted by molar-refractivity contribution is 7.89. The third-order valence-electron chi connectivity index (χ3n) is 5.36. The number of nitrogens with one attached hydrogen (secondary N) is 2. The van der Waals surface area contributed by atoms with Crippen LogP contribution in [0.2, 0.25) is 5.02 Å². The summed E-state index contributed by atoms with van der Waals surface area (Å²) in [4.78, 5) is 13.3. The van der Waals surface area contributed by atoms with Crippen LogP contribution in [0.5, 0.6) is 5.75 Å². The van der Waals surface area contributed by atoms with Crippen LogP contribution in [0.1, 0.15) is 5.56 Å². The quantitative estimate of drug-likeness (QED) is 0.360. The number of halogens is 1. The van der Waals surface area contributed by atoms with Gasteiger partial charge < -0.3 is 10.1 Å². The zero-order valence-corrected chi connectivity index (χ0v) is 19.9. The molecule has 0 bridgehead atoms. The van der Waals surface area contributed by atoms with Gasteiger partial charge >= 0.3 is 0 Å². The van der Waals surface area contributed by atoms with Crippen LogP contribution in [0.25, 0.3) is 10.8 Å². The van der Waals surface area contributed by atoms with Gasteiger partial charge in [0.25, 0.3) is 0 Å². The predicted octanol–water partition coefficient (Wildman–Crippen LogP) is 5.03. The van der Waals surface area contributed by atoms with Crippen molar-refractivity contribution in [3.8, 4) is 5.75 Å². The first-order chi connectivity index (χ1) is 16.4. The first-order valence-electron chi connectivity index (χ1n) is 10.6. The first-order valence-corrected chi connectivity index (χ1v) is 12.4. The fourth-order valence-corrected chi connectivity index (χ4v) is 5.33. The summed E-state index contributed by atoms with van der Waals surface area (Å²) >= 11 is 6.04. The van der Waals surface area contributed by atoms with E-state index in [1.807, 2.05) is 66.7 Å². The zero-order chi connectivity index (χ0) is 24.1. The molecule has 174 valence electrons. The molecule has 1 amide bonds. The van der Waals surface area contributed by atoms with Crippen LogP contribution in [0.4, 0.5) is 5.69 Å². The lowest BCUT2D eigenvalue weighted by molar-refractivity contribution is -0.117. The van der Waals surface area contributed by atoms with Gasteiger partial charge in [0.1, 0.15) is 16.7 Å². The van der Waals surface area contributed by atoms with Crippen molar-refractivity contribution in [1.82, 2.24) is 4.72 Å². The van der Waals surface area contributed by atoms with Crippen molar-refractivity contribution in [2.45, 2.75) is 17.4 Å². The highest BCUT2D eigenvalue weighted by atomic mass is 35.5. The van der Waals surface area contributed by atoms with E-state index < -0.39 is 22.0 Å². The van der Waals surface area contributed by atoms with Gasteiger partial charge in [-0.25, -0.2) is 8.42 Å². The van der Waals surface area contributed by atoms with E-state index in [1.165, 1.54) is 25.3 Å². The Labute approximate surface area is 203 Å². The van der Waals surface area contributed by atoms with E-state index in [4.69, 9.17) is 16.3 Å². The second-order valence-electron chi connectivity index (χ2n) is 7.67. The lowest BCUT2D eigenvalue weighted by atomic mass is 10.1. The van der Waals surface area contributed by atoms with Gasteiger partial charge in [-0.2, -0.15) is 4.72 Å². The molecule has 0 aromatic heterocycles. The minimum Gasteiger partial charge on any atom is -0.495 e. The maximum atomic E-state index is 13.4. The molecule has 0 fully saturated rings. The second-order valence-corrected chi connectivity index (χ2v) is 9.79. The van der Waals surface area contributed by atoms with E-state index in [-0.39, 0.29) is 22.1 Å². The van der Waals surface area contributed by atoms with Crippen LogP contribution in [-0.2, 0) is 21.2 Å². The molecule has 1 atom stereocenters. The van der Waals surface area contributed by atoms with Gasteiger partial charge in [-0.1, -0.05) is 78.3 Å². The maximum absolute atomic E-state index is 13.4. The molecule has 4 rings (SSSR count). The third-order valence-corrected chi connectivity index (χ3v) is 7.09. The number of anilines is 1. The van der Waals surface area contributed by atoms with Crippen molar-refractivity contribution in [2.75, 3.05) is 12.4 Å². The lowest BCUT2D eigenvalue weighted by Gasteiger charge is -2.20. The Morgan fingerprint density at radius 2 is 1.65 bits per heavy atom. The van der Waals surface area contributed by atoms with Crippen LogP contribution in [0.3, 0.4) is 0 Å². The fourth-order valence-electron chi connectivity index (χ4n) is 3.70. The number of hydrogen-bond acceptors (Lipinski definition) is 4. The molecule has 0 saturated carbocycles. The molecule has 34 heavy (non-hydrogen) atoms. The number of carbonyl (C=O) groups is 1. The van der Waals surface area contributed by atoms with Gasteiger partial charge in [-0.3, -0.25) is 4.79 Å². The van der Waals surface area contributed by atoms with Crippen LogP contribution in [0.15, 0.2) is 95.9 Å². The molecule has 0 aliphatic heterocycles. The summed E-state index contributed by atoms with van der Waals surface area (Å²) in [6, 6.07) is 25.6. The smallest absolute Gasteiger partial charge is 0.245 e. The van der Waals surface area contributed by atoms with Crippen molar-refractivity contribution in [3.63, 3.8) is 0 Å². The average Bonchev–Trinajstić information content (AvgIpc) is 2.84. The lowest BCUT2D eigenvalue weighted by Crippen LogP contribution is -2.45. The molecule has 2 N–H and O–H groups in total. The summed E-state index contributed by atoms with van der Waals surface area (Å²) in [6.07, 6.45) is 0.152. The summed E-state index contributed by atoms with van der Waals surface area (Å²) < 4.78 is 34.4. The number of hydrogen-bond donors (Lipinski definition) is 2. The van der Waals surface area contributed by atoms with Crippen LogP contribution < -0.4 is 14.8 Å². The minimum absolute atomic E-state index is 0.129. The summed E-state index contributed by atoms with van der Waals surface area (Å²) in [7, 11) is -2.77. The number of fused-ring (bicyclic) bond motifs is 1. The molecule has 4 aromatic carbocycles. The standard InChI is InChI=1S/C26H23ClN2O4S/c1-33-24-15-14-20(27)17-25(24)34(31,32)29-23(16-18-8-3-2-4-9-18)26(30)28-22-13-7-11-19-10-5-6-12-21(19)22/h2-15,17,23,29H,16H2,1H3,(H,28,30)/t23-/m1/s1. The number of ether oxygens (including phenoxy) is 1. The topological polar surface area (TPSA) is 84.5 Å². The van der Waals surface area contributed by atoms with Gasteiger partial charge in [0.2, 0.25) is 15.9 Å². The minimum atomic E-state index is -4.14. The number of rotatable bonds is 8. The second kappa shape index (κ2) is 10.3. The zero-order valence-electron chi connectivity index (χ0n) is 18.4. The summed E-state index contributed by atoms with van der Waals surface area (Å²) in [5, 5.41) is 4.95. The number of sulfonamides is 1. The van der Waals surface area contributed by atoms with Gasteiger partial charge in [0, 0.05) is 16.1 Å². The Morgan fingerprint density at radius 3 is 2.41 bits per heavy atom. The summed E-state index contributed by atoms with van der Waals surface area (Å²) in [6.45, 7) is 0. The SMILES string of the molecule is COc1ccc(Cl)cc1S(=O)(=O)N[C@H](Cc1ccccc1)C(=O)Nc1cccc2ccccc12. The van der Waals surface area contributed by atoms with E-state index in [2.05, 4.69) is 10.0 Å². The van der Waals surface area contributed by atoms with E-state index in [1.54, 1.807) is 6.07 Å². The number of amides is 1. The molecule has 0 radical (unpaired) electrons. The van der Waals surface area contributed by atoms with Crippen molar-refractivity contribution in [1.29, 1.82) is 0 Å². The van der Waals surface area contributed by atoms with Gasteiger partial charge in [-0.05, 0) is 41.6 Å². The predicted molar refractivity (Wildman–Crippen MR) is 135 cm³/mol. The van der Waals surface area contributed by atoms with Gasteiger partial charge in [-0.15, -0.1) is 0 Å². The Balaban J connectivity index is 1.68. The van der Waals surface area contributed by atoms with Crippen LogP contribution >= 0.6 is 11.6 Å². The molecule has 6 nitrogen and oxygen atoms in total. The Morgan fingerprint density at radius 1 is 0.941 bits per heavy atom. The molecular formula is C26H23ClN2O4S. The number of methoxy groups -OCH3 is 1. The monoisotopic (exact) mass is 494 g/mol. The highest BCUT2D eigenvalue weighted by Crippen LogP contribution is 2.28. The molecular weight excluding hydrogens is 472 g/mol. The molecule has 8 heteroatoms. The molecule has 0 heterocycles. The molecule has 0 aliphatic carbocycles. The van der Waals surface area contributed by atoms with Crippen molar-refractivity contribution < 1.29 is 17.9 Å². The van der Waals surface area contributed by atoms with Crippen molar-refractivity contribution >= 4 is 44.0 Å². The molecule has 0 aliphatic rings. The van der Waals surface area contributed by atoms with E-state index in [0.717, 1.165) is 16.3 Å². The van der Waals surface area contributed by atoms with E-state index in [0.29, 0.717) is 5.69 Å². The normalized spacial score (nSPS) is 12.3.